The topological polar surface area (TPSA) is 73.3 Å². The molecule has 5 nitrogen and oxygen atoms in total. The van der Waals surface area contributed by atoms with Crippen molar-refractivity contribution in [1.82, 2.24) is 0 Å². The average molecular weight is 230 g/mol. The van der Waals surface area contributed by atoms with Crippen LogP contribution in [0, 0.1) is 17.0 Å². The average Bonchev–Trinajstić information content (AvgIpc) is 2.77. The fourth-order valence-corrected chi connectivity index (χ4v) is 1.54. The molecule has 0 spiro atoms. The van der Waals surface area contributed by atoms with Gasteiger partial charge in [0, 0.05) is 6.07 Å². The van der Waals surface area contributed by atoms with Crippen LogP contribution in [-0.2, 0) is 4.79 Å². The largest absolute Gasteiger partial charge is 0.452 e. The zero-order valence-corrected chi connectivity index (χ0v) is 8.97. The monoisotopic (exact) mass is 230 g/mol. The van der Waals surface area contributed by atoms with Crippen molar-refractivity contribution in [2.24, 2.45) is 0 Å². The molecule has 1 radical (unpaired) electrons. The van der Waals surface area contributed by atoms with Crippen LogP contribution in [0.3, 0.4) is 0 Å². The first-order chi connectivity index (χ1) is 8.11. The van der Waals surface area contributed by atoms with Crippen LogP contribution in [0.4, 0.5) is 5.69 Å². The molecule has 1 aromatic carbocycles. The Morgan fingerprint density at radius 1 is 1.29 bits per heavy atom. The maximum absolute atomic E-state index is 10.9. The first-order valence-electron chi connectivity index (χ1n) is 4.85. The van der Waals surface area contributed by atoms with Crippen LogP contribution in [0.1, 0.15) is 11.3 Å². The minimum atomic E-state index is -0.477. The van der Waals surface area contributed by atoms with E-state index in [1.54, 1.807) is 25.3 Å². The Balaban J connectivity index is 2.58. The summed E-state index contributed by atoms with van der Waals surface area (Å²) in [5.41, 5.74) is 1.09. The van der Waals surface area contributed by atoms with E-state index in [1.807, 2.05) is 0 Å². The highest BCUT2D eigenvalue weighted by Gasteiger charge is 2.18. The lowest BCUT2D eigenvalue weighted by Gasteiger charge is -2.00. The molecule has 0 bridgehead atoms. The van der Waals surface area contributed by atoms with E-state index in [0.29, 0.717) is 5.56 Å². The van der Waals surface area contributed by atoms with E-state index in [0.717, 1.165) is 5.56 Å². The van der Waals surface area contributed by atoms with Crippen molar-refractivity contribution < 1.29 is 14.1 Å². The zero-order chi connectivity index (χ0) is 12.4. The maximum Gasteiger partial charge on any atom is 0.280 e. The first kappa shape index (κ1) is 11.1. The summed E-state index contributed by atoms with van der Waals surface area (Å²) in [6.07, 6.45) is 1.59. The number of nitrogens with zero attached hydrogens (tertiary/aromatic N) is 1. The molecule has 5 heteroatoms. The minimum Gasteiger partial charge on any atom is -0.452 e. The second-order valence-electron chi connectivity index (χ2n) is 3.54. The van der Waals surface area contributed by atoms with E-state index in [2.05, 4.69) is 0 Å². The van der Waals surface area contributed by atoms with E-state index in [9.17, 15) is 14.9 Å². The molecule has 2 rings (SSSR count). The van der Waals surface area contributed by atoms with Gasteiger partial charge in [0.2, 0.25) is 0 Å². The molecule has 0 aliphatic rings. The number of aryl methyl sites for hydroxylation is 1. The van der Waals surface area contributed by atoms with Crippen molar-refractivity contribution in [2.75, 3.05) is 0 Å². The van der Waals surface area contributed by atoms with Gasteiger partial charge in [-0.15, -0.1) is 0 Å². The van der Waals surface area contributed by atoms with Gasteiger partial charge in [-0.25, -0.2) is 0 Å². The Hall–Kier alpha value is -2.43. The molecule has 0 aliphatic carbocycles. The third-order valence-corrected chi connectivity index (χ3v) is 2.32. The minimum absolute atomic E-state index is 0.0230. The van der Waals surface area contributed by atoms with Crippen LogP contribution >= 0.6 is 0 Å². The molecular weight excluding hydrogens is 222 g/mol. The van der Waals surface area contributed by atoms with Crippen LogP contribution in [0.15, 0.2) is 34.7 Å². The van der Waals surface area contributed by atoms with Gasteiger partial charge in [0.15, 0.2) is 5.76 Å². The van der Waals surface area contributed by atoms with Crippen LogP contribution < -0.4 is 0 Å². The third-order valence-electron chi connectivity index (χ3n) is 2.32. The third kappa shape index (κ3) is 2.08. The highest BCUT2D eigenvalue weighted by atomic mass is 16.6. The molecule has 0 fully saturated rings. The first-order valence-corrected chi connectivity index (χ1v) is 4.85. The number of hydrogen-bond acceptors (Lipinski definition) is 4. The van der Waals surface area contributed by atoms with Gasteiger partial charge in [0.25, 0.3) is 12.0 Å². The second-order valence-corrected chi connectivity index (χ2v) is 3.54. The van der Waals surface area contributed by atoms with Gasteiger partial charge >= 0.3 is 0 Å². The van der Waals surface area contributed by atoms with Crippen LogP contribution in [0.25, 0.3) is 11.3 Å². The lowest BCUT2D eigenvalue weighted by molar-refractivity contribution is -0.384. The molecule has 1 heterocycles. The summed E-state index contributed by atoms with van der Waals surface area (Å²) in [4.78, 5) is 20.8. The Bertz CT molecular complexity index is 586. The van der Waals surface area contributed by atoms with Crippen molar-refractivity contribution in [3.63, 3.8) is 0 Å². The quantitative estimate of drug-likeness (QED) is 0.600. The molecule has 85 valence electrons. The van der Waals surface area contributed by atoms with E-state index in [-0.39, 0.29) is 17.2 Å². The van der Waals surface area contributed by atoms with E-state index in [1.165, 1.54) is 18.2 Å². The fraction of sp³-hybridized carbons (Fsp3) is 0.0833. The van der Waals surface area contributed by atoms with E-state index >= 15 is 0 Å². The summed E-state index contributed by atoms with van der Waals surface area (Å²) < 4.78 is 5.12. The zero-order valence-electron chi connectivity index (χ0n) is 8.97. The molecule has 2 aromatic rings. The van der Waals surface area contributed by atoms with Gasteiger partial charge < -0.3 is 4.42 Å². The number of furan rings is 1. The molecule has 0 aliphatic heterocycles. The van der Waals surface area contributed by atoms with Crippen molar-refractivity contribution >= 4 is 12.0 Å². The van der Waals surface area contributed by atoms with Gasteiger partial charge in [-0.3, -0.25) is 14.9 Å². The predicted octanol–water partition coefficient (Wildman–Crippen LogP) is 2.62. The number of carbonyl (C=O) groups excluding carboxylic acids is 1. The van der Waals surface area contributed by atoms with Gasteiger partial charge in [0.05, 0.1) is 10.5 Å². The van der Waals surface area contributed by atoms with Crippen molar-refractivity contribution in [3.8, 4) is 11.3 Å². The number of nitro benzene ring substituents is 1. The number of benzene rings is 1. The highest BCUT2D eigenvalue weighted by molar-refractivity contribution is 5.75. The standard InChI is InChI=1S/C12H8NO4/c1-8-2-4-10(11(6-8)13(15)16)12-5-3-9(7-14)17-12/h2-6H,1H3. The van der Waals surface area contributed by atoms with Gasteiger partial charge in [-0.1, -0.05) is 6.07 Å². The number of nitro groups is 1. The SMILES string of the molecule is Cc1ccc(-c2ccc([C]=O)o2)c([N+](=O)[O-])c1. The molecule has 0 amide bonds. The fourth-order valence-electron chi connectivity index (χ4n) is 1.54. The van der Waals surface area contributed by atoms with Crippen molar-refractivity contribution in [3.05, 3.63) is 51.8 Å². The molecule has 0 saturated carbocycles. The molecular formula is C12H8NO4. The lowest BCUT2D eigenvalue weighted by Crippen LogP contribution is -1.92. The van der Waals surface area contributed by atoms with Gasteiger partial charge in [0.1, 0.15) is 5.76 Å². The summed E-state index contributed by atoms with van der Waals surface area (Å²) in [6.45, 7) is 1.77. The Morgan fingerprint density at radius 2 is 2.06 bits per heavy atom. The summed E-state index contributed by atoms with van der Waals surface area (Å²) in [5.74, 6) is 0.310. The summed E-state index contributed by atoms with van der Waals surface area (Å²) >= 11 is 0. The lowest BCUT2D eigenvalue weighted by atomic mass is 10.1. The Labute approximate surface area is 96.8 Å². The van der Waals surface area contributed by atoms with Crippen molar-refractivity contribution in [2.45, 2.75) is 6.92 Å². The molecule has 1 aromatic heterocycles. The summed E-state index contributed by atoms with van der Waals surface area (Å²) in [6, 6.07) is 7.74. The van der Waals surface area contributed by atoms with Crippen LogP contribution in [-0.4, -0.2) is 11.2 Å². The molecule has 17 heavy (non-hydrogen) atoms. The van der Waals surface area contributed by atoms with Gasteiger partial charge in [-0.05, 0) is 30.7 Å². The van der Waals surface area contributed by atoms with Crippen LogP contribution in [0.2, 0.25) is 0 Å². The Morgan fingerprint density at radius 3 is 2.65 bits per heavy atom. The molecule has 0 atom stereocenters. The second kappa shape index (κ2) is 4.21. The smallest absolute Gasteiger partial charge is 0.280 e. The predicted molar refractivity (Wildman–Crippen MR) is 60.3 cm³/mol. The Kier molecular flexibility index (Phi) is 2.74. The summed E-state index contributed by atoms with van der Waals surface area (Å²) in [7, 11) is 0. The van der Waals surface area contributed by atoms with E-state index < -0.39 is 4.92 Å². The highest BCUT2D eigenvalue weighted by Crippen LogP contribution is 2.31. The molecule has 0 unspecified atom stereocenters. The van der Waals surface area contributed by atoms with Crippen LogP contribution in [0.5, 0.6) is 0 Å². The van der Waals surface area contributed by atoms with Crippen molar-refractivity contribution in [1.29, 1.82) is 0 Å². The molecule has 0 saturated heterocycles. The number of rotatable bonds is 3. The number of hydrogen-bond donors (Lipinski definition) is 0. The molecule has 0 N–H and O–H groups in total. The summed E-state index contributed by atoms with van der Waals surface area (Å²) in [5, 5.41) is 10.9. The maximum atomic E-state index is 10.9. The van der Waals surface area contributed by atoms with E-state index in [4.69, 9.17) is 4.42 Å². The van der Waals surface area contributed by atoms with Gasteiger partial charge in [-0.2, -0.15) is 0 Å². The normalized spacial score (nSPS) is 10.2.